The second-order valence-electron chi connectivity index (χ2n) is 7.90. The molecule has 0 amide bonds. The summed E-state index contributed by atoms with van der Waals surface area (Å²) in [5.41, 5.74) is 6.52. The number of carbonyl (C=O) groups is 1. The number of rotatable bonds is 2. The Bertz CT molecular complexity index is 864. The molecule has 2 N–H and O–H groups in total. The lowest BCUT2D eigenvalue weighted by Crippen LogP contribution is -2.26. The maximum absolute atomic E-state index is 13.0. The zero-order chi connectivity index (χ0) is 18.3. The van der Waals surface area contributed by atoms with Crippen molar-refractivity contribution < 1.29 is 4.79 Å². The molecule has 1 heterocycles. The number of hydrogen-bond donors (Lipinski definition) is 2. The van der Waals surface area contributed by atoms with Gasteiger partial charge in [-0.2, -0.15) is 0 Å². The van der Waals surface area contributed by atoms with Gasteiger partial charge in [-0.05, 0) is 41.5 Å². The van der Waals surface area contributed by atoms with Crippen LogP contribution in [0, 0.1) is 5.92 Å². The lowest BCUT2D eigenvalue weighted by Gasteiger charge is -2.28. The predicted octanol–water partition coefficient (Wildman–Crippen LogP) is 5.64. The molecule has 2 aromatic rings. The van der Waals surface area contributed by atoms with Crippen LogP contribution in [0.15, 0.2) is 59.8 Å². The fourth-order valence-electron chi connectivity index (χ4n) is 4.01. The average Bonchev–Trinajstić information content (AvgIpc) is 2.78. The summed E-state index contributed by atoms with van der Waals surface area (Å²) >= 11 is 0. The van der Waals surface area contributed by atoms with Gasteiger partial charge in [-0.25, -0.2) is 0 Å². The molecule has 0 fully saturated rings. The highest BCUT2D eigenvalue weighted by Crippen LogP contribution is 2.41. The number of nitrogens with one attached hydrogen (secondary N) is 2. The summed E-state index contributed by atoms with van der Waals surface area (Å²) in [6, 6.07) is 16.8. The molecule has 0 saturated carbocycles. The molecule has 1 aliphatic carbocycles. The molecule has 134 valence electrons. The molecule has 0 aromatic heterocycles. The fraction of sp³-hybridized carbons (Fsp3) is 0.348. The van der Waals surface area contributed by atoms with Crippen LogP contribution in [0.1, 0.15) is 56.7 Å². The molecular formula is C23H26N2O. The average molecular weight is 346 g/mol. The SMILES string of the molecule is CC(C)c1ccc([C@@H]2Nc3ccccc3NC3=C2C(=O)C[C@@H](C)C3)cc1. The van der Waals surface area contributed by atoms with Gasteiger partial charge in [0, 0.05) is 17.7 Å². The van der Waals surface area contributed by atoms with E-state index in [2.05, 4.69) is 67.8 Å². The summed E-state index contributed by atoms with van der Waals surface area (Å²) in [5, 5.41) is 7.18. The molecule has 0 bridgehead atoms. The van der Waals surface area contributed by atoms with Gasteiger partial charge in [0.05, 0.1) is 17.4 Å². The van der Waals surface area contributed by atoms with Gasteiger partial charge >= 0.3 is 0 Å². The smallest absolute Gasteiger partial charge is 0.163 e. The van der Waals surface area contributed by atoms with Crippen molar-refractivity contribution in [1.82, 2.24) is 0 Å². The summed E-state index contributed by atoms with van der Waals surface area (Å²) in [7, 11) is 0. The molecule has 3 heteroatoms. The van der Waals surface area contributed by atoms with Crippen LogP contribution in [-0.4, -0.2) is 5.78 Å². The van der Waals surface area contributed by atoms with Gasteiger partial charge in [-0.1, -0.05) is 57.2 Å². The molecule has 26 heavy (non-hydrogen) atoms. The van der Waals surface area contributed by atoms with Crippen LogP contribution < -0.4 is 10.6 Å². The van der Waals surface area contributed by atoms with Gasteiger partial charge < -0.3 is 10.6 Å². The minimum absolute atomic E-state index is 0.109. The molecule has 0 spiro atoms. The summed E-state index contributed by atoms with van der Waals surface area (Å²) < 4.78 is 0. The molecule has 2 aromatic carbocycles. The van der Waals surface area contributed by atoms with Crippen molar-refractivity contribution in [1.29, 1.82) is 0 Å². The van der Waals surface area contributed by atoms with E-state index < -0.39 is 0 Å². The minimum Gasteiger partial charge on any atom is -0.372 e. The van der Waals surface area contributed by atoms with Gasteiger partial charge in [0.15, 0.2) is 5.78 Å². The van der Waals surface area contributed by atoms with E-state index in [-0.39, 0.29) is 11.8 Å². The highest BCUT2D eigenvalue weighted by atomic mass is 16.1. The number of benzene rings is 2. The zero-order valence-electron chi connectivity index (χ0n) is 15.7. The first kappa shape index (κ1) is 16.9. The lowest BCUT2D eigenvalue weighted by molar-refractivity contribution is -0.117. The minimum atomic E-state index is -0.109. The Morgan fingerprint density at radius 3 is 2.35 bits per heavy atom. The van der Waals surface area contributed by atoms with E-state index in [1.165, 1.54) is 5.56 Å². The Kier molecular flexibility index (Phi) is 4.31. The standard InChI is InChI=1S/C23H26N2O/c1-14(2)16-8-10-17(11-9-16)23-22-20(12-15(3)13-21(22)26)24-18-6-4-5-7-19(18)25-23/h4-11,14-15,23-25H,12-13H2,1-3H3/t15-,23-/m0/s1. The van der Waals surface area contributed by atoms with E-state index in [1.807, 2.05) is 12.1 Å². The monoisotopic (exact) mass is 346 g/mol. The van der Waals surface area contributed by atoms with Crippen molar-refractivity contribution in [2.24, 2.45) is 5.92 Å². The first-order valence-electron chi connectivity index (χ1n) is 9.51. The number of hydrogen-bond acceptors (Lipinski definition) is 3. The number of anilines is 2. The first-order chi connectivity index (χ1) is 12.5. The molecule has 0 saturated heterocycles. The van der Waals surface area contributed by atoms with Crippen LogP contribution in [-0.2, 0) is 4.79 Å². The Morgan fingerprint density at radius 1 is 0.962 bits per heavy atom. The maximum Gasteiger partial charge on any atom is 0.163 e. The van der Waals surface area contributed by atoms with Crippen molar-refractivity contribution in [3.05, 3.63) is 70.9 Å². The Morgan fingerprint density at radius 2 is 1.65 bits per heavy atom. The Hall–Kier alpha value is -2.55. The van der Waals surface area contributed by atoms with Gasteiger partial charge in [0.2, 0.25) is 0 Å². The number of para-hydroxylation sites is 2. The van der Waals surface area contributed by atoms with Gasteiger partial charge in [-0.3, -0.25) is 4.79 Å². The van der Waals surface area contributed by atoms with Crippen LogP contribution in [0.2, 0.25) is 0 Å². The second-order valence-corrected chi connectivity index (χ2v) is 7.90. The Labute approximate surface area is 155 Å². The number of ketones is 1. The molecule has 4 rings (SSSR count). The Balaban J connectivity index is 1.82. The molecule has 1 aliphatic heterocycles. The molecule has 2 aliphatic rings. The van der Waals surface area contributed by atoms with Gasteiger partial charge in [0.25, 0.3) is 0 Å². The third-order valence-electron chi connectivity index (χ3n) is 5.45. The molecular weight excluding hydrogens is 320 g/mol. The van der Waals surface area contributed by atoms with Gasteiger partial charge in [0.1, 0.15) is 0 Å². The van der Waals surface area contributed by atoms with Crippen molar-refractivity contribution in [2.45, 2.75) is 45.6 Å². The molecule has 2 atom stereocenters. The highest BCUT2D eigenvalue weighted by molar-refractivity contribution is 6.00. The molecule has 0 unspecified atom stereocenters. The number of fused-ring (bicyclic) bond motifs is 1. The van der Waals surface area contributed by atoms with Crippen LogP contribution >= 0.6 is 0 Å². The van der Waals surface area contributed by atoms with Crippen molar-refractivity contribution in [2.75, 3.05) is 10.6 Å². The topological polar surface area (TPSA) is 41.1 Å². The summed E-state index contributed by atoms with van der Waals surface area (Å²) in [4.78, 5) is 13.0. The normalized spacial score (nSPS) is 22.2. The van der Waals surface area contributed by atoms with E-state index in [0.29, 0.717) is 18.3 Å². The van der Waals surface area contributed by atoms with Crippen LogP contribution in [0.4, 0.5) is 11.4 Å². The zero-order valence-corrected chi connectivity index (χ0v) is 15.7. The number of carbonyl (C=O) groups excluding carboxylic acids is 1. The fourth-order valence-corrected chi connectivity index (χ4v) is 4.01. The lowest BCUT2D eigenvalue weighted by atomic mass is 9.82. The first-order valence-corrected chi connectivity index (χ1v) is 9.51. The van der Waals surface area contributed by atoms with Crippen LogP contribution in [0.5, 0.6) is 0 Å². The number of Topliss-reactive ketones (excluding diaryl/α,β-unsaturated/α-hetero) is 1. The van der Waals surface area contributed by atoms with Crippen LogP contribution in [0.3, 0.4) is 0 Å². The quantitative estimate of drug-likeness (QED) is 0.739. The van der Waals surface area contributed by atoms with Crippen LogP contribution in [0.25, 0.3) is 0 Å². The van der Waals surface area contributed by atoms with E-state index >= 15 is 0 Å². The van der Waals surface area contributed by atoms with E-state index in [9.17, 15) is 4.79 Å². The largest absolute Gasteiger partial charge is 0.372 e. The van der Waals surface area contributed by atoms with Crippen molar-refractivity contribution >= 4 is 17.2 Å². The number of allylic oxidation sites excluding steroid dienone is 1. The second kappa shape index (κ2) is 6.64. The van der Waals surface area contributed by atoms with Crippen molar-refractivity contribution in [3.8, 4) is 0 Å². The third kappa shape index (κ3) is 3.03. The summed E-state index contributed by atoms with van der Waals surface area (Å²) in [5.74, 6) is 1.13. The van der Waals surface area contributed by atoms with E-state index in [0.717, 1.165) is 34.6 Å². The molecule has 0 radical (unpaired) electrons. The highest BCUT2D eigenvalue weighted by Gasteiger charge is 2.34. The summed E-state index contributed by atoms with van der Waals surface area (Å²) in [6.07, 6.45) is 1.54. The maximum atomic E-state index is 13.0. The predicted molar refractivity (Wildman–Crippen MR) is 107 cm³/mol. The van der Waals surface area contributed by atoms with Gasteiger partial charge in [-0.15, -0.1) is 0 Å². The van der Waals surface area contributed by atoms with E-state index in [4.69, 9.17) is 0 Å². The molecule has 3 nitrogen and oxygen atoms in total. The van der Waals surface area contributed by atoms with Crippen molar-refractivity contribution in [3.63, 3.8) is 0 Å². The summed E-state index contributed by atoms with van der Waals surface area (Å²) in [6.45, 7) is 6.55. The van der Waals surface area contributed by atoms with E-state index in [1.54, 1.807) is 0 Å². The third-order valence-corrected chi connectivity index (χ3v) is 5.45.